The molecule has 1 rings (SSSR count). The van der Waals surface area contributed by atoms with Crippen LogP contribution in [0.25, 0.3) is 0 Å². The summed E-state index contributed by atoms with van der Waals surface area (Å²) < 4.78 is 0. The fourth-order valence-electron chi connectivity index (χ4n) is 1.92. The summed E-state index contributed by atoms with van der Waals surface area (Å²) in [5, 5.41) is 12.1. The Bertz CT molecular complexity index is 175. The first-order valence-electron chi connectivity index (χ1n) is 5.44. The van der Waals surface area contributed by atoms with E-state index in [1.807, 2.05) is 0 Å². The van der Waals surface area contributed by atoms with Gasteiger partial charge in [0.15, 0.2) is 0 Å². The number of allylic oxidation sites excluding steroid dienone is 2. The van der Waals surface area contributed by atoms with Gasteiger partial charge in [-0.15, -0.1) is 0 Å². The standard InChI is InChI=1S/C11H21NO/c1-2-5-10-6-3-7-11(10)12-8-4-9-13/h12-13H,2-9H2,1H3. The molecule has 0 aromatic rings. The van der Waals surface area contributed by atoms with E-state index in [0.29, 0.717) is 6.61 Å². The summed E-state index contributed by atoms with van der Waals surface area (Å²) in [4.78, 5) is 0. The van der Waals surface area contributed by atoms with Crippen molar-refractivity contribution in [1.29, 1.82) is 0 Å². The van der Waals surface area contributed by atoms with E-state index in [1.165, 1.54) is 37.8 Å². The van der Waals surface area contributed by atoms with Crippen LogP contribution in [0.3, 0.4) is 0 Å². The molecule has 2 nitrogen and oxygen atoms in total. The third-order valence-electron chi connectivity index (χ3n) is 2.56. The predicted octanol–water partition coefficient (Wildman–Crippen LogP) is 2.20. The molecule has 0 aromatic carbocycles. The normalized spacial score (nSPS) is 16.8. The van der Waals surface area contributed by atoms with Crippen molar-refractivity contribution in [2.45, 2.75) is 45.4 Å². The van der Waals surface area contributed by atoms with Crippen LogP contribution in [0.2, 0.25) is 0 Å². The molecular weight excluding hydrogens is 162 g/mol. The molecular formula is C11H21NO. The lowest BCUT2D eigenvalue weighted by atomic mass is 10.1. The molecule has 0 unspecified atom stereocenters. The Balaban J connectivity index is 2.31. The van der Waals surface area contributed by atoms with Crippen molar-refractivity contribution in [3.8, 4) is 0 Å². The second-order valence-electron chi connectivity index (χ2n) is 3.69. The third-order valence-corrected chi connectivity index (χ3v) is 2.56. The van der Waals surface area contributed by atoms with E-state index < -0.39 is 0 Å². The average molecular weight is 183 g/mol. The van der Waals surface area contributed by atoms with Crippen LogP contribution in [0, 0.1) is 0 Å². The highest BCUT2D eigenvalue weighted by Gasteiger charge is 2.12. The molecule has 76 valence electrons. The van der Waals surface area contributed by atoms with E-state index in [1.54, 1.807) is 5.57 Å². The van der Waals surface area contributed by atoms with E-state index in [9.17, 15) is 0 Å². The first-order valence-corrected chi connectivity index (χ1v) is 5.44. The second kappa shape index (κ2) is 6.03. The lowest BCUT2D eigenvalue weighted by Gasteiger charge is -2.09. The molecule has 0 aromatic heterocycles. The predicted molar refractivity (Wildman–Crippen MR) is 55.5 cm³/mol. The number of nitrogens with one attached hydrogen (secondary N) is 1. The van der Waals surface area contributed by atoms with Crippen LogP contribution in [-0.4, -0.2) is 18.3 Å². The van der Waals surface area contributed by atoms with Gasteiger partial charge in [0.2, 0.25) is 0 Å². The van der Waals surface area contributed by atoms with Crippen LogP contribution >= 0.6 is 0 Å². The Kier molecular flexibility index (Phi) is 4.91. The number of hydrogen-bond acceptors (Lipinski definition) is 2. The van der Waals surface area contributed by atoms with Crippen LogP contribution < -0.4 is 5.32 Å². The zero-order valence-electron chi connectivity index (χ0n) is 8.60. The van der Waals surface area contributed by atoms with Gasteiger partial charge in [-0.05, 0) is 32.1 Å². The quantitative estimate of drug-likeness (QED) is 0.619. The van der Waals surface area contributed by atoms with Crippen molar-refractivity contribution in [1.82, 2.24) is 5.32 Å². The van der Waals surface area contributed by atoms with Crippen LogP contribution in [-0.2, 0) is 0 Å². The summed E-state index contributed by atoms with van der Waals surface area (Å²) in [5.74, 6) is 0. The van der Waals surface area contributed by atoms with E-state index >= 15 is 0 Å². The van der Waals surface area contributed by atoms with Gasteiger partial charge in [-0.3, -0.25) is 0 Å². The van der Waals surface area contributed by atoms with Crippen molar-refractivity contribution in [3.63, 3.8) is 0 Å². The Labute approximate surface area is 81.0 Å². The topological polar surface area (TPSA) is 32.3 Å². The summed E-state index contributed by atoms with van der Waals surface area (Å²) in [6.45, 7) is 3.46. The van der Waals surface area contributed by atoms with Crippen molar-refractivity contribution in [2.75, 3.05) is 13.2 Å². The van der Waals surface area contributed by atoms with Crippen molar-refractivity contribution in [3.05, 3.63) is 11.3 Å². The molecule has 1 aliphatic carbocycles. The van der Waals surface area contributed by atoms with Crippen molar-refractivity contribution in [2.24, 2.45) is 0 Å². The van der Waals surface area contributed by atoms with Gasteiger partial charge in [0.05, 0.1) is 0 Å². The second-order valence-corrected chi connectivity index (χ2v) is 3.69. The minimum atomic E-state index is 0.295. The molecule has 0 spiro atoms. The smallest absolute Gasteiger partial charge is 0.0447 e. The molecule has 0 saturated carbocycles. The van der Waals surface area contributed by atoms with Gasteiger partial charge in [-0.1, -0.05) is 18.9 Å². The Morgan fingerprint density at radius 3 is 2.92 bits per heavy atom. The lowest BCUT2D eigenvalue weighted by Crippen LogP contribution is -2.15. The minimum absolute atomic E-state index is 0.295. The minimum Gasteiger partial charge on any atom is -0.396 e. The summed E-state index contributed by atoms with van der Waals surface area (Å²) in [6, 6.07) is 0. The van der Waals surface area contributed by atoms with Crippen LogP contribution in [0.15, 0.2) is 11.3 Å². The molecule has 0 amide bonds. The highest BCUT2D eigenvalue weighted by molar-refractivity contribution is 5.17. The largest absolute Gasteiger partial charge is 0.396 e. The van der Waals surface area contributed by atoms with E-state index in [4.69, 9.17) is 5.11 Å². The molecule has 0 heterocycles. The fraction of sp³-hybridized carbons (Fsp3) is 0.818. The van der Waals surface area contributed by atoms with Crippen molar-refractivity contribution < 1.29 is 5.11 Å². The average Bonchev–Trinajstić information content (AvgIpc) is 2.54. The SMILES string of the molecule is CCCC1=C(NCCCO)CCC1. The Morgan fingerprint density at radius 1 is 1.38 bits per heavy atom. The van der Waals surface area contributed by atoms with Crippen LogP contribution in [0.4, 0.5) is 0 Å². The molecule has 0 fully saturated rings. The molecule has 13 heavy (non-hydrogen) atoms. The Morgan fingerprint density at radius 2 is 2.23 bits per heavy atom. The van der Waals surface area contributed by atoms with Crippen LogP contribution in [0.5, 0.6) is 0 Å². The molecule has 0 saturated heterocycles. The number of aliphatic hydroxyl groups excluding tert-OH is 1. The van der Waals surface area contributed by atoms with Gasteiger partial charge < -0.3 is 10.4 Å². The zero-order valence-corrected chi connectivity index (χ0v) is 8.60. The number of aliphatic hydroxyl groups is 1. The summed E-state index contributed by atoms with van der Waals surface area (Å²) >= 11 is 0. The summed E-state index contributed by atoms with van der Waals surface area (Å²) in [5.41, 5.74) is 3.09. The summed E-state index contributed by atoms with van der Waals surface area (Å²) in [6.07, 6.45) is 7.19. The third kappa shape index (κ3) is 3.39. The molecule has 0 aliphatic heterocycles. The Hall–Kier alpha value is -0.500. The zero-order chi connectivity index (χ0) is 9.52. The molecule has 0 radical (unpaired) electrons. The van der Waals surface area contributed by atoms with Crippen LogP contribution in [0.1, 0.15) is 45.4 Å². The molecule has 0 atom stereocenters. The highest BCUT2D eigenvalue weighted by Crippen LogP contribution is 2.27. The maximum atomic E-state index is 8.65. The van der Waals surface area contributed by atoms with Gasteiger partial charge >= 0.3 is 0 Å². The number of rotatable bonds is 6. The first-order chi connectivity index (χ1) is 6.38. The summed E-state index contributed by atoms with van der Waals surface area (Å²) in [7, 11) is 0. The molecule has 1 aliphatic rings. The van der Waals surface area contributed by atoms with E-state index in [0.717, 1.165) is 13.0 Å². The van der Waals surface area contributed by atoms with E-state index in [-0.39, 0.29) is 0 Å². The maximum absolute atomic E-state index is 8.65. The van der Waals surface area contributed by atoms with Gasteiger partial charge in [-0.25, -0.2) is 0 Å². The van der Waals surface area contributed by atoms with Gasteiger partial charge in [0.25, 0.3) is 0 Å². The van der Waals surface area contributed by atoms with Gasteiger partial charge in [0.1, 0.15) is 0 Å². The van der Waals surface area contributed by atoms with Gasteiger partial charge in [-0.2, -0.15) is 0 Å². The lowest BCUT2D eigenvalue weighted by molar-refractivity contribution is 0.287. The number of hydrogen-bond donors (Lipinski definition) is 2. The van der Waals surface area contributed by atoms with E-state index in [2.05, 4.69) is 12.2 Å². The molecule has 2 heteroatoms. The molecule has 2 N–H and O–H groups in total. The van der Waals surface area contributed by atoms with Crippen molar-refractivity contribution >= 4 is 0 Å². The monoisotopic (exact) mass is 183 g/mol. The first kappa shape index (κ1) is 10.6. The van der Waals surface area contributed by atoms with Gasteiger partial charge in [0, 0.05) is 18.8 Å². The highest BCUT2D eigenvalue weighted by atomic mass is 16.3. The molecule has 0 bridgehead atoms. The maximum Gasteiger partial charge on any atom is 0.0447 e. The fourth-order valence-corrected chi connectivity index (χ4v) is 1.92.